The van der Waals surface area contributed by atoms with Crippen LogP contribution >= 0.6 is 23.2 Å². The lowest BCUT2D eigenvalue weighted by Gasteiger charge is -2.09. The fourth-order valence-corrected chi connectivity index (χ4v) is 4.21. The molecule has 0 saturated carbocycles. The Bertz CT molecular complexity index is 891. The molecule has 0 amide bonds. The Balaban J connectivity index is 2.24. The van der Waals surface area contributed by atoms with E-state index in [-0.39, 0.29) is 14.9 Å². The zero-order valence-corrected chi connectivity index (χ0v) is 16.0. The number of ether oxygens (including phenoxy) is 2. The summed E-state index contributed by atoms with van der Waals surface area (Å²) >= 11 is 12.0. The maximum Gasteiger partial charge on any atom is 0.279 e. The van der Waals surface area contributed by atoms with Gasteiger partial charge in [0.1, 0.15) is 4.90 Å². The van der Waals surface area contributed by atoms with Crippen LogP contribution in [0, 0.1) is 6.92 Å². The van der Waals surface area contributed by atoms with Gasteiger partial charge in [0, 0.05) is 0 Å². The Morgan fingerprint density at radius 1 is 1.04 bits per heavy atom. The molecule has 2 aromatic rings. The van der Waals surface area contributed by atoms with E-state index in [2.05, 4.69) is 9.93 Å². The minimum absolute atomic E-state index is 0.0267. The number of benzene rings is 2. The van der Waals surface area contributed by atoms with Gasteiger partial charge in [-0.25, -0.2) is 0 Å². The van der Waals surface area contributed by atoms with Gasteiger partial charge in [0.25, 0.3) is 10.0 Å². The van der Waals surface area contributed by atoms with Gasteiger partial charge < -0.3 is 9.47 Å². The molecule has 2 rings (SSSR count). The van der Waals surface area contributed by atoms with Crippen molar-refractivity contribution < 1.29 is 17.9 Å². The number of halogens is 2. The molecular weight excluding hydrogens is 387 g/mol. The Morgan fingerprint density at radius 3 is 2.20 bits per heavy atom. The van der Waals surface area contributed by atoms with E-state index >= 15 is 0 Å². The highest BCUT2D eigenvalue weighted by Gasteiger charge is 2.21. The molecule has 2 aromatic carbocycles. The van der Waals surface area contributed by atoms with Crippen molar-refractivity contribution in [1.29, 1.82) is 0 Å². The number of hydrogen-bond acceptors (Lipinski definition) is 5. The van der Waals surface area contributed by atoms with Gasteiger partial charge in [-0.05, 0) is 48.4 Å². The van der Waals surface area contributed by atoms with Crippen molar-refractivity contribution in [1.82, 2.24) is 4.83 Å². The summed E-state index contributed by atoms with van der Waals surface area (Å²) in [6, 6.07) is 8.07. The van der Waals surface area contributed by atoms with Crippen molar-refractivity contribution in [2.45, 2.75) is 11.8 Å². The Hall–Kier alpha value is -1.96. The van der Waals surface area contributed by atoms with Crippen molar-refractivity contribution in [3.8, 4) is 11.5 Å². The number of sulfonamides is 1. The van der Waals surface area contributed by atoms with Gasteiger partial charge in [-0.1, -0.05) is 23.2 Å². The zero-order chi connectivity index (χ0) is 18.6. The van der Waals surface area contributed by atoms with Crippen LogP contribution in [0.4, 0.5) is 0 Å². The van der Waals surface area contributed by atoms with Crippen LogP contribution in [0.15, 0.2) is 40.3 Å². The van der Waals surface area contributed by atoms with Crippen LogP contribution < -0.4 is 14.3 Å². The summed E-state index contributed by atoms with van der Waals surface area (Å²) in [5.74, 6) is 1.05. The van der Waals surface area contributed by atoms with E-state index in [1.165, 1.54) is 32.6 Å². The third-order valence-corrected chi connectivity index (χ3v) is 5.35. The second-order valence-corrected chi connectivity index (χ2v) is 7.44. The molecule has 0 spiro atoms. The molecule has 134 valence electrons. The lowest BCUT2D eigenvalue weighted by Crippen LogP contribution is -2.19. The van der Waals surface area contributed by atoms with Crippen LogP contribution in [0.2, 0.25) is 10.0 Å². The van der Waals surface area contributed by atoms with Crippen LogP contribution in [0.1, 0.15) is 11.1 Å². The molecule has 0 bridgehead atoms. The SMILES string of the molecule is COc1ccc(/C=N/NS(=O)(=O)c2c(Cl)cc(C)cc2Cl)cc1OC. The number of nitrogens with one attached hydrogen (secondary N) is 1. The largest absolute Gasteiger partial charge is 0.493 e. The van der Waals surface area contributed by atoms with Crippen LogP contribution in [-0.4, -0.2) is 28.9 Å². The lowest BCUT2D eigenvalue weighted by atomic mass is 10.2. The molecule has 0 unspecified atom stereocenters. The van der Waals surface area contributed by atoms with E-state index in [0.29, 0.717) is 17.1 Å². The average Bonchev–Trinajstić information content (AvgIpc) is 2.53. The molecule has 0 fully saturated rings. The highest BCUT2D eigenvalue weighted by Crippen LogP contribution is 2.30. The lowest BCUT2D eigenvalue weighted by molar-refractivity contribution is 0.355. The minimum atomic E-state index is -4.00. The maximum atomic E-state index is 12.4. The first kappa shape index (κ1) is 19.4. The molecule has 25 heavy (non-hydrogen) atoms. The fourth-order valence-electron chi connectivity index (χ4n) is 2.09. The zero-order valence-electron chi connectivity index (χ0n) is 13.7. The summed E-state index contributed by atoms with van der Waals surface area (Å²) in [6.45, 7) is 1.76. The molecular formula is C16H16Cl2N2O4S. The molecule has 0 aliphatic rings. The van der Waals surface area contributed by atoms with Crippen molar-refractivity contribution in [3.63, 3.8) is 0 Å². The van der Waals surface area contributed by atoms with Gasteiger partial charge in [0.15, 0.2) is 11.5 Å². The van der Waals surface area contributed by atoms with Crippen LogP contribution in [0.3, 0.4) is 0 Å². The molecule has 9 heteroatoms. The standard InChI is InChI=1S/C16H16Cl2N2O4S/c1-10-6-12(17)16(13(18)7-10)25(21,22)20-19-9-11-4-5-14(23-2)15(8-11)24-3/h4-9,20H,1-3H3/b19-9+. The number of hydrogen-bond donors (Lipinski definition) is 1. The Labute approximate surface area is 156 Å². The van der Waals surface area contributed by atoms with Gasteiger partial charge in [-0.2, -0.15) is 18.4 Å². The van der Waals surface area contributed by atoms with Crippen molar-refractivity contribution in [3.05, 3.63) is 51.5 Å². The first-order valence-corrected chi connectivity index (χ1v) is 9.25. The Morgan fingerprint density at radius 2 is 1.64 bits per heavy atom. The Kier molecular flexibility index (Phi) is 6.16. The van der Waals surface area contributed by atoms with Gasteiger partial charge in [-0.15, -0.1) is 0 Å². The van der Waals surface area contributed by atoms with Gasteiger partial charge in [-0.3, -0.25) is 0 Å². The summed E-state index contributed by atoms with van der Waals surface area (Å²) in [5, 5.41) is 3.80. The van der Waals surface area contributed by atoms with Crippen molar-refractivity contribution >= 4 is 39.4 Å². The molecule has 0 aliphatic carbocycles. The quantitative estimate of drug-likeness (QED) is 0.590. The van der Waals surface area contributed by atoms with E-state index in [1.54, 1.807) is 25.1 Å². The van der Waals surface area contributed by atoms with Gasteiger partial charge in [0.2, 0.25) is 0 Å². The van der Waals surface area contributed by atoms with E-state index in [0.717, 1.165) is 5.56 Å². The molecule has 0 aliphatic heterocycles. The topological polar surface area (TPSA) is 77.0 Å². The fraction of sp³-hybridized carbons (Fsp3) is 0.188. The van der Waals surface area contributed by atoms with E-state index in [9.17, 15) is 8.42 Å². The third kappa shape index (κ3) is 4.56. The monoisotopic (exact) mass is 402 g/mol. The van der Waals surface area contributed by atoms with Gasteiger partial charge in [0.05, 0.1) is 30.5 Å². The normalized spacial score (nSPS) is 11.6. The molecule has 6 nitrogen and oxygen atoms in total. The average molecular weight is 403 g/mol. The van der Waals surface area contributed by atoms with E-state index in [1.807, 2.05) is 0 Å². The molecule has 0 atom stereocenters. The molecule has 0 radical (unpaired) electrons. The first-order chi connectivity index (χ1) is 11.8. The highest BCUT2D eigenvalue weighted by atomic mass is 35.5. The first-order valence-electron chi connectivity index (χ1n) is 7.01. The minimum Gasteiger partial charge on any atom is -0.493 e. The summed E-state index contributed by atoms with van der Waals surface area (Å²) in [4.78, 5) is 1.87. The summed E-state index contributed by atoms with van der Waals surface area (Å²) in [6.07, 6.45) is 1.33. The van der Waals surface area contributed by atoms with E-state index in [4.69, 9.17) is 32.7 Å². The number of nitrogens with zero attached hydrogens (tertiary/aromatic N) is 1. The predicted molar refractivity (Wildman–Crippen MR) is 98.7 cm³/mol. The van der Waals surface area contributed by atoms with Crippen molar-refractivity contribution in [2.75, 3.05) is 14.2 Å². The summed E-state index contributed by atoms with van der Waals surface area (Å²) in [5.41, 5.74) is 1.37. The number of aryl methyl sites for hydroxylation is 1. The van der Waals surface area contributed by atoms with Crippen LogP contribution in [0.5, 0.6) is 11.5 Å². The maximum absolute atomic E-state index is 12.4. The second-order valence-electron chi connectivity index (χ2n) is 5.03. The molecule has 1 N–H and O–H groups in total. The summed E-state index contributed by atoms with van der Waals surface area (Å²) < 4.78 is 35.0. The molecule has 0 aromatic heterocycles. The van der Waals surface area contributed by atoms with Gasteiger partial charge >= 0.3 is 0 Å². The molecule has 0 saturated heterocycles. The number of methoxy groups -OCH3 is 2. The van der Waals surface area contributed by atoms with E-state index < -0.39 is 10.0 Å². The second kappa shape index (κ2) is 7.95. The van der Waals surface area contributed by atoms with Crippen LogP contribution in [0.25, 0.3) is 0 Å². The predicted octanol–water partition coefficient (Wildman–Crippen LogP) is 3.63. The number of rotatable bonds is 6. The smallest absolute Gasteiger partial charge is 0.279 e. The highest BCUT2D eigenvalue weighted by molar-refractivity contribution is 7.89. The van der Waals surface area contributed by atoms with Crippen molar-refractivity contribution in [2.24, 2.45) is 5.10 Å². The third-order valence-electron chi connectivity index (χ3n) is 3.21. The summed E-state index contributed by atoms with van der Waals surface area (Å²) in [7, 11) is -0.979. The molecule has 0 heterocycles. The number of hydrazone groups is 1. The van der Waals surface area contributed by atoms with Crippen LogP contribution in [-0.2, 0) is 10.0 Å².